The van der Waals surface area contributed by atoms with Gasteiger partial charge in [0.1, 0.15) is 0 Å². The van der Waals surface area contributed by atoms with Crippen LogP contribution in [0.2, 0.25) is 0 Å². The molecule has 1 aromatic heterocycles. The molecule has 0 aliphatic heterocycles. The molecule has 2 amide bonds. The van der Waals surface area contributed by atoms with E-state index in [1.165, 1.54) is 11.3 Å². The Labute approximate surface area is 174 Å². The maximum Gasteiger partial charge on any atom is 0.259 e. The van der Waals surface area contributed by atoms with Crippen molar-refractivity contribution in [3.05, 3.63) is 40.4 Å². The van der Waals surface area contributed by atoms with Crippen molar-refractivity contribution in [2.45, 2.75) is 26.7 Å². The Kier molecular flexibility index (Phi) is 9.72. The fraction of sp³-hybridized carbons (Fsp3) is 0.450. The van der Waals surface area contributed by atoms with Gasteiger partial charge in [0.25, 0.3) is 5.91 Å². The molecule has 8 nitrogen and oxygen atoms in total. The third kappa shape index (κ3) is 7.54. The SMILES string of the molecule is CCc1nc(NC(=O)c2ccccc2NC(=O)CCOCCOCCN)sc1C. The number of nitrogens with zero attached hydrogens (tertiary/aromatic N) is 1. The molecule has 0 spiro atoms. The molecule has 1 heterocycles. The number of carbonyl (C=O) groups is 2. The highest BCUT2D eigenvalue weighted by Gasteiger charge is 2.15. The lowest BCUT2D eigenvalue weighted by molar-refractivity contribution is -0.117. The number of carbonyl (C=O) groups excluding carboxylic acids is 2. The molecule has 2 rings (SSSR count). The van der Waals surface area contributed by atoms with Crippen molar-refractivity contribution < 1.29 is 19.1 Å². The first-order valence-corrected chi connectivity index (χ1v) is 10.4. The van der Waals surface area contributed by atoms with Gasteiger partial charge in [-0.2, -0.15) is 0 Å². The molecule has 0 fully saturated rings. The summed E-state index contributed by atoms with van der Waals surface area (Å²) >= 11 is 1.44. The molecule has 2 aromatic rings. The van der Waals surface area contributed by atoms with Crippen LogP contribution in [0.25, 0.3) is 0 Å². The maximum absolute atomic E-state index is 12.7. The van der Waals surface area contributed by atoms with Crippen LogP contribution in [0.5, 0.6) is 0 Å². The zero-order valence-electron chi connectivity index (χ0n) is 16.8. The van der Waals surface area contributed by atoms with E-state index in [-0.39, 0.29) is 24.8 Å². The molecule has 158 valence electrons. The summed E-state index contributed by atoms with van der Waals surface area (Å²) in [5, 5.41) is 6.14. The third-order valence-electron chi connectivity index (χ3n) is 4.00. The van der Waals surface area contributed by atoms with Gasteiger partial charge in [0.15, 0.2) is 5.13 Å². The molecule has 0 atom stereocenters. The lowest BCUT2D eigenvalue weighted by atomic mass is 10.1. The summed E-state index contributed by atoms with van der Waals surface area (Å²) in [5.41, 5.74) is 7.12. The Bertz CT molecular complexity index is 810. The molecular formula is C20H28N4O4S. The number of hydrogen-bond acceptors (Lipinski definition) is 7. The first-order valence-electron chi connectivity index (χ1n) is 9.57. The third-order valence-corrected chi connectivity index (χ3v) is 4.93. The minimum atomic E-state index is -0.314. The summed E-state index contributed by atoms with van der Waals surface area (Å²) in [7, 11) is 0. The highest BCUT2D eigenvalue weighted by atomic mass is 32.1. The molecule has 0 saturated carbocycles. The number of rotatable bonds is 12. The van der Waals surface area contributed by atoms with Gasteiger partial charge in [-0.3, -0.25) is 14.9 Å². The number of thiazole rings is 1. The van der Waals surface area contributed by atoms with E-state index in [1.807, 2.05) is 13.8 Å². The van der Waals surface area contributed by atoms with Gasteiger partial charge in [0.05, 0.1) is 49.8 Å². The van der Waals surface area contributed by atoms with E-state index < -0.39 is 0 Å². The Hall–Kier alpha value is -2.33. The Morgan fingerprint density at radius 2 is 1.83 bits per heavy atom. The fourth-order valence-corrected chi connectivity index (χ4v) is 3.44. The largest absolute Gasteiger partial charge is 0.379 e. The smallest absolute Gasteiger partial charge is 0.259 e. The van der Waals surface area contributed by atoms with E-state index in [4.69, 9.17) is 15.2 Å². The summed E-state index contributed by atoms with van der Waals surface area (Å²) in [6, 6.07) is 6.87. The van der Waals surface area contributed by atoms with Gasteiger partial charge in [-0.05, 0) is 25.5 Å². The van der Waals surface area contributed by atoms with Crippen molar-refractivity contribution in [2.75, 3.05) is 43.6 Å². The second-order valence-electron chi connectivity index (χ2n) is 6.19. The van der Waals surface area contributed by atoms with E-state index in [0.29, 0.717) is 42.7 Å². The maximum atomic E-state index is 12.7. The Morgan fingerprint density at radius 3 is 2.52 bits per heavy atom. The molecule has 0 bridgehead atoms. The van der Waals surface area contributed by atoms with Crippen LogP contribution in [0.1, 0.15) is 34.3 Å². The van der Waals surface area contributed by atoms with Crippen LogP contribution in [0.3, 0.4) is 0 Å². The lowest BCUT2D eigenvalue weighted by Crippen LogP contribution is -2.19. The summed E-state index contributed by atoms with van der Waals surface area (Å²) in [5.74, 6) is -0.544. The topological polar surface area (TPSA) is 116 Å². The van der Waals surface area contributed by atoms with E-state index in [0.717, 1.165) is 17.0 Å². The van der Waals surface area contributed by atoms with Crippen molar-refractivity contribution in [1.29, 1.82) is 0 Å². The van der Waals surface area contributed by atoms with Crippen LogP contribution in [-0.4, -0.2) is 49.8 Å². The summed E-state index contributed by atoms with van der Waals surface area (Å²) in [6.45, 7) is 6.07. The highest BCUT2D eigenvalue weighted by molar-refractivity contribution is 7.15. The number of amides is 2. The molecule has 0 radical (unpaired) electrons. The van der Waals surface area contributed by atoms with Gasteiger partial charge in [0, 0.05) is 11.4 Å². The monoisotopic (exact) mass is 420 g/mol. The Balaban J connectivity index is 1.87. The molecule has 0 saturated heterocycles. The first-order chi connectivity index (χ1) is 14.0. The number of ether oxygens (including phenoxy) is 2. The second-order valence-corrected chi connectivity index (χ2v) is 7.39. The number of aryl methyl sites for hydroxylation is 2. The van der Waals surface area contributed by atoms with Crippen molar-refractivity contribution in [3.63, 3.8) is 0 Å². The van der Waals surface area contributed by atoms with Crippen molar-refractivity contribution in [1.82, 2.24) is 4.98 Å². The fourth-order valence-electron chi connectivity index (χ4n) is 2.55. The predicted molar refractivity (Wildman–Crippen MR) is 115 cm³/mol. The quantitative estimate of drug-likeness (QED) is 0.455. The average Bonchev–Trinajstić information content (AvgIpc) is 3.06. The number of para-hydroxylation sites is 1. The van der Waals surface area contributed by atoms with Crippen LogP contribution in [0, 0.1) is 6.92 Å². The van der Waals surface area contributed by atoms with Gasteiger partial charge >= 0.3 is 0 Å². The average molecular weight is 421 g/mol. The second kappa shape index (κ2) is 12.3. The van der Waals surface area contributed by atoms with Crippen LogP contribution in [-0.2, 0) is 20.7 Å². The number of nitrogens with one attached hydrogen (secondary N) is 2. The molecular weight excluding hydrogens is 392 g/mol. The zero-order valence-corrected chi connectivity index (χ0v) is 17.6. The van der Waals surface area contributed by atoms with Crippen LogP contribution >= 0.6 is 11.3 Å². The molecule has 9 heteroatoms. The van der Waals surface area contributed by atoms with E-state index in [9.17, 15) is 9.59 Å². The first kappa shape index (κ1) is 23.0. The standard InChI is InChI=1S/C20H28N4O4S/c1-3-16-14(2)29-20(23-16)24-19(26)15-6-4-5-7-17(15)22-18(25)8-10-27-12-13-28-11-9-21/h4-7H,3,8-13,21H2,1-2H3,(H,22,25)(H,23,24,26). The normalized spacial score (nSPS) is 10.7. The summed E-state index contributed by atoms with van der Waals surface area (Å²) < 4.78 is 10.5. The van der Waals surface area contributed by atoms with Gasteiger partial charge in [0.2, 0.25) is 5.91 Å². The van der Waals surface area contributed by atoms with E-state index in [2.05, 4.69) is 15.6 Å². The van der Waals surface area contributed by atoms with E-state index >= 15 is 0 Å². The molecule has 0 aliphatic rings. The van der Waals surface area contributed by atoms with Crippen molar-refractivity contribution in [2.24, 2.45) is 5.73 Å². The predicted octanol–water partition coefficient (Wildman–Crippen LogP) is 2.59. The minimum absolute atomic E-state index is 0.179. The van der Waals surface area contributed by atoms with Gasteiger partial charge in [-0.15, -0.1) is 11.3 Å². The number of hydrogen-bond donors (Lipinski definition) is 3. The summed E-state index contributed by atoms with van der Waals surface area (Å²) in [4.78, 5) is 30.4. The van der Waals surface area contributed by atoms with Crippen LogP contribution in [0.4, 0.5) is 10.8 Å². The highest BCUT2D eigenvalue weighted by Crippen LogP contribution is 2.24. The van der Waals surface area contributed by atoms with Gasteiger partial charge in [-0.25, -0.2) is 4.98 Å². The molecule has 29 heavy (non-hydrogen) atoms. The van der Waals surface area contributed by atoms with E-state index in [1.54, 1.807) is 24.3 Å². The van der Waals surface area contributed by atoms with Gasteiger partial charge < -0.3 is 20.5 Å². The lowest BCUT2D eigenvalue weighted by Gasteiger charge is -2.11. The van der Waals surface area contributed by atoms with Crippen LogP contribution in [0.15, 0.2) is 24.3 Å². The number of anilines is 2. The molecule has 0 aliphatic carbocycles. The Morgan fingerprint density at radius 1 is 1.10 bits per heavy atom. The van der Waals surface area contributed by atoms with Gasteiger partial charge in [-0.1, -0.05) is 19.1 Å². The summed E-state index contributed by atoms with van der Waals surface area (Å²) in [6.07, 6.45) is 0.991. The van der Waals surface area contributed by atoms with Crippen LogP contribution < -0.4 is 16.4 Å². The number of nitrogens with two attached hydrogens (primary N) is 1. The number of benzene rings is 1. The molecule has 1 aromatic carbocycles. The number of aromatic nitrogens is 1. The zero-order chi connectivity index (χ0) is 21.1. The minimum Gasteiger partial charge on any atom is -0.379 e. The van der Waals surface area contributed by atoms with Crippen molar-refractivity contribution >= 4 is 34.0 Å². The van der Waals surface area contributed by atoms with Crippen molar-refractivity contribution in [3.8, 4) is 0 Å². The molecule has 4 N–H and O–H groups in total. The molecule has 0 unspecified atom stereocenters.